The Morgan fingerprint density at radius 1 is 0.242 bits per heavy atom. The molecule has 4 spiro atoms. The summed E-state index contributed by atoms with van der Waals surface area (Å²) in [6, 6.07) is 13.8. The third-order valence-electron chi connectivity index (χ3n) is 32.9. The van der Waals surface area contributed by atoms with Gasteiger partial charge in [0.05, 0.1) is 113 Å². The number of carbonyl (C=O) groups is 12. The summed E-state index contributed by atoms with van der Waals surface area (Å²) in [6.45, 7) is 32.6. The van der Waals surface area contributed by atoms with Gasteiger partial charge >= 0.3 is 47.8 Å². The number of aliphatic hydroxyl groups excluding tert-OH is 4. The molecule has 4 N–H and O–H groups in total. The Labute approximate surface area is 767 Å². The fraction of sp³-hybridized carbons (Fsp3) is 0.560. The predicted molar refractivity (Wildman–Crippen MR) is 472 cm³/mol. The molecule has 8 atom stereocenters. The van der Waals surface area contributed by atoms with Gasteiger partial charge in [-0.25, -0.2) is 38.4 Å². The van der Waals surface area contributed by atoms with Gasteiger partial charge in [0.1, 0.15) is 52.9 Å². The van der Waals surface area contributed by atoms with Crippen LogP contribution in [0, 0.1) is 49.4 Å². The minimum atomic E-state index is -0.703. The summed E-state index contributed by atoms with van der Waals surface area (Å²) in [4.78, 5) is 164. The molecule has 32 heteroatoms. The number of rotatable bonds is 16. The second kappa shape index (κ2) is 36.2. The summed E-state index contributed by atoms with van der Waals surface area (Å²) in [6.07, 6.45) is 6.12. The van der Waals surface area contributed by atoms with Gasteiger partial charge in [-0.15, -0.1) is 0 Å². The fourth-order valence-electron chi connectivity index (χ4n) is 23.2. The molecule has 16 heterocycles. The van der Waals surface area contributed by atoms with Crippen molar-refractivity contribution < 1.29 is 116 Å². The first kappa shape index (κ1) is 93.0. The highest BCUT2D eigenvalue weighted by atomic mass is 16.6. The highest BCUT2D eigenvalue weighted by Crippen LogP contribution is 2.51. The zero-order valence-corrected chi connectivity index (χ0v) is 77.4. The van der Waals surface area contributed by atoms with Crippen LogP contribution in [-0.2, 0) is 103 Å². The first-order chi connectivity index (χ1) is 62.9. The molecule has 0 radical (unpaired) electrons. The topological polar surface area (TPSA) is 386 Å². The van der Waals surface area contributed by atoms with Crippen LogP contribution in [0.3, 0.4) is 0 Å². The SMILES string of the molecule is CC1=C(N2CCC3(CCN([C@@H](C)[C@@H](O)c4ccc5c(c4C)COC5=O)CC3)C2=O)COC1=O.CC1=C(N2CCC3(CCN([C@@H](C)[C@H](O)c4ccc5c(c4C)COC5=O)CC3)C2=O)COC1=O.CC1=C(N2CCC3(CCN([C@H](C)[C@@H](O)c4ccc5c(c4C)COC5=O)CC3)C2=O)COC1=O.CC1=C(N2CCC3(CCN([C@H](C)[C@H](O)c4ccc5c(c4C)COC5=O)CC3)C2=O)COC1=O. The van der Waals surface area contributed by atoms with E-state index in [2.05, 4.69) is 19.6 Å². The summed E-state index contributed by atoms with van der Waals surface area (Å²) >= 11 is 0. The Bertz CT molecular complexity index is 4950. The lowest BCUT2D eigenvalue weighted by atomic mass is 9.76. The quantitative estimate of drug-likeness (QED) is 0.0600. The predicted octanol–water partition coefficient (Wildman–Crippen LogP) is 8.93. The normalized spacial score (nSPS) is 24.4. The van der Waals surface area contributed by atoms with E-state index in [0.717, 1.165) is 196 Å². The lowest BCUT2D eigenvalue weighted by molar-refractivity contribution is -0.139. The number of benzene rings is 4. The summed E-state index contributed by atoms with van der Waals surface area (Å²) < 4.78 is 41.0. The molecule has 4 aromatic rings. The lowest BCUT2D eigenvalue weighted by Gasteiger charge is -2.42. The zero-order chi connectivity index (χ0) is 94.0. The van der Waals surface area contributed by atoms with Gasteiger partial charge in [-0.3, -0.25) is 38.8 Å². The van der Waals surface area contributed by atoms with Gasteiger partial charge in [0.15, 0.2) is 0 Å². The van der Waals surface area contributed by atoms with Gasteiger partial charge in [0.25, 0.3) is 0 Å². The number of esters is 8. The fourth-order valence-corrected chi connectivity index (χ4v) is 23.2. The number of aliphatic hydroxyl groups is 4. The minimum Gasteiger partial charge on any atom is -0.457 e. The van der Waals surface area contributed by atoms with Gasteiger partial charge < -0.3 is 77.9 Å². The minimum absolute atomic E-state index is 0.0992. The second-order valence-electron chi connectivity index (χ2n) is 39.0. The molecule has 0 aromatic heterocycles. The number of fused-ring (bicyclic) bond motifs is 4. The molecule has 16 aliphatic rings. The molecule has 4 aromatic carbocycles. The molecule has 16 aliphatic heterocycles. The number of carbonyl (C=O) groups excluding carboxylic acids is 12. The highest BCUT2D eigenvalue weighted by molar-refractivity contribution is 5.99. The molecule has 0 aliphatic carbocycles. The van der Waals surface area contributed by atoms with E-state index >= 15 is 0 Å². The van der Waals surface area contributed by atoms with Crippen molar-refractivity contribution in [1.82, 2.24) is 39.2 Å². The Morgan fingerprint density at radius 2 is 0.409 bits per heavy atom. The van der Waals surface area contributed by atoms with Crippen LogP contribution < -0.4 is 0 Å². The van der Waals surface area contributed by atoms with Crippen LogP contribution in [0.25, 0.3) is 0 Å². The van der Waals surface area contributed by atoms with E-state index in [1.165, 1.54) is 0 Å². The summed E-state index contributed by atoms with van der Waals surface area (Å²) in [5.74, 6) is -2.19. The van der Waals surface area contributed by atoms with Crippen LogP contribution in [0.15, 0.2) is 93.6 Å². The molecule has 8 fully saturated rings. The third-order valence-corrected chi connectivity index (χ3v) is 32.9. The number of ether oxygens (including phenoxy) is 8. The van der Waals surface area contributed by atoms with Crippen molar-refractivity contribution in [3.8, 4) is 0 Å². The van der Waals surface area contributed by atoms with Gasteiger partial charge in [0, 0.05) is 72.6 Å². The van der Waals surface area contributed by atoms with Crippen LogP contribution in [0.2, 0.25) is 0 Å². The number of nitrogens with zero attached hydrogens (tertiary/aromatic N) is 8. The van der Waals surface area contributed by atoms with Crippen molar-refractivity contribution in [1.29, 1.82) is 0 Å². The number of piperidine rings is 4. The lowest BCUT2D eigenvalue weighted by Crippen LogP contribution is -2.48. The van der Waals surface area contributed by atoms with E-state index in [4.69, 9.17) is 37.9 Å². The van der Waals surface area contributed by atoms with E-state index in [0.29, 0.717) is 93.5 Å². The first-order valence-corrected chi connectivity index (χ1v) is 46.6. The first-order valence-electron chi connectivity index (χ1n) is 46.6. The maximum absolute atomic E-state index is 13.4. The van der Waals surface area contributed by atoms with E-state index in [1.54, 1.807) is 71.6 Å². The van der Waals surface area contributed by atoms with E-state index in [9.17, 15) is 78.0 Å². The Kier molecular flexibility index (Phi) is 25.5. The van der Waals surface area contributed by atoms with Gasteiger partial charge in [0.2, 0.25) is 23.6 Å². The Hall–Kier alpha value is -10.8. The maximum Gasteiger partial charge on any atom is 0.338 e. The number of hydrogen-bond acceptors (Lipinski definition) is 28. The molecule has 20 rings (SSSR count). The summed E-state index contributed by atoms with van der Waals surface area (Å²) in [5, 5.41) is 44.7. The third kappa shape index (κ3) is 16.1. The van der Waals surface area contributed by atoms with Gasteiger partial charge in [-0.2, -0.15) is 0 Å². The monoisotopic (exact) mass is 1820 g/mol. The van der Waals surface area contributed by atoms with Gasteiger partial charge in [-0.05, 0) is 281 Å². The Morgan fingerprint density at radius 3 is 0.576 bits per heavy atom. The smallest absolute Gasteiger partial charge is 0.338 e. The van der Waals surface area contributed by atoms with Crippen molar-refractivity contribution in [2.75, 3.05) is 105 Å². The van der Waals surface area contributed by atoms with Crippen LogP contribution in [-0.4, -0.2) is 260 Å². The van der Waals surface area contributed by atoms with Crippen molar-refractivity contribution in [2.45, 2.75) is 235 Å². The van der Waals surface area contributed by atoms with Crippen molar-refractivity contribution in [3.63, 3.8) is 0 Å². The molecule has 704 valence electrons. The highest BCUT2D eigenvalue weighted by Gasteiger charge is 2.56. The van der Waals surface area contributed by atoms with Crippen molar-refractivity contribution in [3.05, 3.63) is 183 Å². The maximum atomic E-state index is 13.4. The zero-order valence-electron chi connectivity index (χ0n) is 77.4. The molecular weight excluding hydrogens is 1700 g/mol. The average Bonchev–Trinajstić information content (AvgIpc) is 1.57. The standard InChI is InChI=1S/4C25H30N2O6/c4*1-14-17(4-5-18-19(14)12-32-23(18)30)21(28)16(3)26-9-6-25(7-10-26)8-11-27(24(25)31)20-13-33-22(29)15(20)2/h4*4-5,16,21,28H,6-13H2,1-3H3/t2*16-,21+;2*16-,21-/m1010/s1. The van der Waals surface area contributed by atoms with Crippen molar-refractivity contribution >= 4 is 71.4 Å². The van der Waals surface area contributed by atoms with E-state index in [1.807, 2.05) is 79.7 Å². The number of likely N-dealkylation sites (tertiary alicyclic amines) is 8. The summed E-state index contributed by atoms with van der Waals surface area (Å²) in [7, 11) is 0. The van der Waals surface area contributed by atoms with E-state index < -0.39 is 46.1 Å². The molecule has 0 saturated carbocycles. The van der Waals surface area contributed by atoms with Crippen LogP contribution in [0.5, 0.6) is 0 Å². The second-order valence-corrected chi connectivity index (χ2v) is 39.0. The van der Waals surface area contributed by atoms with Crippen LogP contribution >= 0.6 is 0 Å². The molecule has 0 unspecified atom stereocenters. The number of cyclic esters (lactones) is 8. The van der Waals surface area contributed by atoms with Crippen LogP contribution in [0.1, 0.15) is 265 Å². The average molecular weight is 1820 g/mol. The van der Waals surface area contributed by atoms with E-state index in [-0.39, 0.29) is 148 Å². The molecule has 4 amide bonds. The van der Waals surface area contributed by atoms with Gasteiger partial charge in [-0.1, -0.05) is 24.3 Å². The Balaban J connectivity index is 0.000000123. The molecule has 132 heavy (non-hydrogen) atoms. The largest absolute Gasteiger partial charge is 0.457 e. The molecule has 0 bridgehead atoms. The number of hydrogen-bond donors (Lipinski definition) is 4. The number of amides is 4. The van der Waals surface area contributed by atoms with Crippen LogP contribution in [0.4, 0.5) is 0 Å². The van der Waals surface area contributed by atoms with Crippen molar-refractivity contribution in [2.24, 2.45) is 21.7 Å². The molecule has 32 nitrogen and oxygen atoms in total. The molecule has 8 saturated heterocycles. The molecular formula is C100H120N8O24. The summed E-state index contributed by atoms with van der Waals surface area (Å²) in [5.41, 5.74) is 16.0.